The van der Waals surface area contributed by atoms with Gasteiger partial charge in [0.05, 0.1) is 25.0 Å². The fourth-order valence-electron chi connectivity index (χ4n) is 3.16. The first-order valence-electron chi connectivity index (χ1n) is 8.19. The molecule has 21 heavy (non-hydrogen) atoms. The van der Waals surface area contributed by atoms with E-state index >= 15 is 0 Å². The molecule has 0 aliphatic carbocycles. The molecule has 0 amide bonds. The minimum atomic E-state index is 0.426. The van der Waals surface area contributed by atoms with Crippen LogP contribution in [0, 0.1) is 5.92 Å². The molecule has 5 nitrogen and oxygen atoms in total. The van der Waals surface area contributed by atoms with Crippen LogP contribution in [-0.4, -0.2) is 49.1 Å². The van der Waals surface area contributed by atoms with Crippen molar-refractivity contribution in [3.63, 3.8) is 0 Å². The predicted molar refractivity (Wildman–Crippen MR) is 79.1 cm³/mol. The van der Waals surface area contributed by atoms with E-state index in [9.17, 15) is 0 Å². The molecule has 2 fully saturated rings. The number of rotatable bonds is 6. The molecule has 0 spiro atoms. The van der Waals surface area contributed by atoms with Gasteiger partial charge in [-0.2, -0.15) is 0 Å². The summed E-state index contributed by atoms with van der Waals surface area (Å²) in [5.41, 5.74) is 2.33. The van der Waals surface area contributed by atoms with Gasteiger partial charge in [-0.1, -0.05) is 12.1 Å². The minimum absolute atomic E-state index is 0.426. The normalized spacial score (nSPS) is 24.7. The van der Waals surface area contributed by atoms with E-state index in [4.69, 9.17) is 14.0 Å². The Kier molecular flexibility index (Phi) is 5.27. The van der Waals surface area contributed by atoms with Crippen LogP contribution in [0.15, 0.2) is 10.8 Å². The maximum absolute atomic E-state index is 6.06. The van der Waals surface area contributed by atoms with Crippen LogP contribution in [0.1, 0.15) is 37.4 Å². The lowest BCUT2D eigenvalue weighted by Crippen LogP contribution is -2.37. The first-order chi connectivity index (χ1) is 10.3. The minimum Gasteiger partial charge on any atom is -0.381 e. The molecular weight excluding hydrogens is 268 g/mol. The summed E-state index contributed by atoms with van der Waals surface area (Å²) in [6.45, 7) is 7.93. The Morgan fingerprint density at radius 1 is 1.33 bits per heavy atom. The van der Waals surface area contributed by atoms with Gasteiger partial charge in [0.25, 0.3) is 0 Å². The Hall–Kier alpha value is -0.910. The van der Waals surface area contributed by atoms with E-state index in [0.717, 1.165) is 70.8 Å². The van der Waals surface area contributed by atoms with E-state index in [1.54, 1.807) is 6.26 Å². The van der Waals surface area contributed by atoms with Gasteiger partial charge >= 0.3 is 0 Å². The zero-order chi connectivity index (χ0) is 14.5. The van der Waals surface area contributed by atoms with Crippen molar-refractivity contribution >= 4 is 0 Å². The van der Waals surface area contributed by atoms with Gasteiger partial charge in [-0.05, 0) is 25.7 Å². The zero-order valence-electron chi connectivity index (χ0n) is 12.9. The lowest BCUT2D eigenvalue weighted by molar-refractivity contribution is -0.0117. The highest BCUT2D eigenvalue weighted by Crippen LogP contribution is 2.20. The molecule has 0 N–H and O–H groups in total. The van der Waals surface area contributed by atoms with Crippen LogP contribution in [0.3, 0.4) is 0 Å². The van der Waals surface area contributed by atoms with Crippen molar-refractivity contribution in [3.8, 4) is 0 Å². The van der Waals surface area contributed by atoms with Crippen LogP contribution >= 0.6 is 0 Å². The highest BCUT2D eigenvalue weighted by molar-refractivity contribution is 5.14. The van der Waals surface area contributed by atoms with Gasteiger partial charge in [0, 0.05) is 37.7 Å². The third-order valence-corrected chi connectivity index (χ3v) is 4.58. The molecule has 3 heterocycles. The summed E-state index contributed by atoms with van der Waals surface area (Å²) in [5.74, 6) is 0.618. The van der Waals surface area contributed by atoms with E-state index in [0.29, 0.717) is 12.0 Å². The molecule has 1 aromatic rings. The molecular formula is C16H26N2O3. The van der Waals surface area contributed by atoms with Gasteiger partial charge in [-0.3, -0.25) is 4.90 Å². The number of piperidine rings is 1. The summed E-state index contributed by atoms with van der Waals surface area (Å²) in [7, 11) is 0. The Labute approximate surface area is 126 Å². The lowest BCUT2D eigenvalue weighted by Gasteiger charge is -2.32. The average molecular weight is 294 g/mol. The third kappa shape index (κ3) is 4.05. The Morgan fingerprint density at radius 3 is 2.90 bits per heavy atom. The monoisotopic (exact) mass is 294 g/mol. The van der Waals surface area contributed by atoms with Crippen molar-refractivity contribution in [3.05, 3.63) is 17.5 Å². The maximum Gasteiger partial charge on any atom is 0.128 e. The van der Waals surface area contributed by atoms with Crippen molar-refractivity contribution < 1.29 is 14.0 Å². The summed E-state index contributed by atoms with van der Waals surface area (Å²) < 4.78 is 16.5. The van der Waals surface area contributed by atoms with E-state index in [1.165, 1.54) is 5.56 Å². The van der Waals surface area contributed by atoms with Crippen molar-refractivity contribution in [1.29, 1.82) is 0 Å². The third-order valence-electron chi connectivity index (χ3n) is 4.58. The average Bonchev–Trinajstić information content (AvgIpc) is 3.17. The van der Waals surface area contributed by atoms with Crippen LogP contribution < -0.4 is 0 Å². The van der Waals surface area contributed by atoms with Crippen LogP contribution in [0.2, 0.25) is 0 Å². The maximum atomic E-state index is 6.06. The standard InChI is InChI=1S/C16H26N2O3/c1-2-16-14(12-21-17-16)9-18-6-3-15(4-7-18)20-11-13-5-8-19-10-13/h12-13,15H,2-11H2,1H3. The number of aromatic nitrogens is 1. The highest BCUT2D eigenvalue weighted by Gasteiger charge is 2.23. The zero-order valence-corrected chi connectivity index (χ0v) is 12.9. The van der Waals surface area contributed by atoms with Gasteiger partial charge in [0.2, 0.25) is 0 Å². The van der Waals surface area contributed by atoms with Gasteiger partial charge in [-0.25, -0.2) is 0 Å². The number of hydrogen-bond acceptors (Lipinski definition) is 5. The topological polar surface area (TPSA) is 47.7 Å². The molecule has 2 aliphatic rings. The number of hydrogen-bond donors (Lipinski definition) is 0. The van der Waals surface area contributed by atoms with Crippen LogP contribution in [0.5, 0.6) is 0 Å². The molecule has 0 radical (unpaired) electrons. The summed E-state index contributed by atoms with van der Waals surface area (Å²) in [4.78, 5) is 2.48. The second kappa shape index (κ2) is 7.38. The fourth-order valence-corrected chi connectivity index (χ4v) is 3.16. The largest absolute Gasteiger partial charge is 0.381 e. The second-order valence-corrected chi connectivity index (χ2v) is 6.18. The highest BCUT2D eigenvalue weighted by atomic mass is 16.5. The van der Waals surface area contributed by atoms with Gasteiger partial charge in [-0.15, -0.1) is 0 Å². The predicted octanol–water partition coefficient (Wildman–Crippen LogP) is 2.25. The van der Waals surface area contributed by atoms with Gasteiger partial charge in [0.15, 0.2) is 0 Å². The molecule has 3 rings (SSSR count). The Balaban J connectivity index is 1.38. The molecule has 0 saturated carbocycles. The summed E-state index contributed by atoms with van der Waals surface area (Å²) in [5, 5.41) is 4.05. The van der Waals surface area contributed by atoms with Crippen molar-refractivity contribution in [1.82, 2.24) is 10.1 Å². The fraction of sp³-hybridized carbons (Fsp3) is 0.812. The molecule has 1 unspecified atom stereocenters. The SMILES string of the molecule is CCc1nocc1CN1CCC(OCC2CCOC2)CC1. The number of aryl methyl sites for hydroxylation is 1. The first kappa shape index (κ1) is 15.0. The molecule has 1 aromatic heterocycles. The van der Waals surface area contributed by atoms with E-state index < -0.39 is 0 Å². The molecule has 118 valence electrons. The summed E-state index contributed by atoms with van der Waals surface area (Å²) >= 11 is 0. The number of nitrogens with zero attached hydrogens (tertiary/aromatic N) is 2. The number of ether oxygens (including phenoxy) is 2. The van der Waals surface area contributed by atoms with Crippen molar-refractivity contribution in [2.24, 2.45) is 5.92 Å². The van der Waals surface area contributed by atoms with E-state index in [-0.39, 0.29) is 0 Å². The lowest BCUT2D eigenvalue weighted by atomic mass is 10.1. The number of likely N-dealkylation sites (tertiary alicyclic amines) is 1. The molecule has 5 heteroatoms. The van der Waals surface area contributed by atoms with Crippen LogP contribution in [0.25, 0.3) is 0 Å². The second-order valence-electron chi connectivity index (χ2n) is 6.18. The van der Waals surface area contributed by atoms with E-state index in [1.807, 2.05) is 0 Å². The van der Waals surface area contributed by atoms with Crippen LogP contribution in [0.4, 0.5) is 0 Å². The van der Waals surface area contributed by atoms with Gasteiger partial charge < -0.3 is 14.0 Å². The summed E-state index contributed by atoms with van der Waals surface area (Å²) in [6, 6.07) is 0. The Morgan fingerprint density at radius 2 is 2.19 bits per heavy atom. The summed E-state index contributed by atoms with van der Waals surface area (Å²) in [6.07, 6.45) is 6.57. The van der Waals surface area contributed by atoms with Crippen molar-refractivity contribution in [2.45, 2.75) is 45.3 Å². The first-order valence-corrected chi connectivity index (χ1v) is 8.19. The quantitative estimate of drug-likeness (QED) is 0.805. The molecule has 2 aliphatic heterocycles. The molecule has 0 bridgehead atoms. The van der Waals surface area contributed by atoms with Gasteiger partial charge in [0.1, 0.15) is 6.26 Å². The van der Waals surface area contributed by atoms with Crippen LogP contribution in [-0.2, 0) is 22.4 Å². The smallest absolute Gasteiger partial charge is 0.128 e. The van der Waals surface area contributed by atoms with E-state index in [2.05, 4.69) is 17.0 Å². The molecule has 1 atom stereocenters. The molecule has 2 saturated heterocycles. The van der Waals surface area contributed by atoms with Crippen molar-refractivity contribution in [2.75, 3.05) is 32.9 Å². The Bertz CT molecular complexity index is 421. The molecule has 0 aromatic carbocycles.